The van der Waals surface area contributed by atoms with Gasteiger partial charge in [0.15, 0.2) is 5.96 Å². The van der Waals surface area contributed by atoms with Crippen molar-refractivity contribution in [1.82, 2.24) is 20.0 Å². The van der Waals surface area contributed by atoms with Crippen LogP contribution in [0.1, 0.15) is 6.92 Å². The molecule has 2 fully saturated rings. The van der Waals surface area contributed by atoms with Crippen LogP contribution >= 0.6 is 0 Å². The Morgan fingerprint density at radius 2 is 1.69 bits per heavy atom. The maximum absolute atomic E-state index is 5.26. The average Bonchev–Trinajstić information content (AvgIpc) is 2.76. The molecule has 0 radical (unpaired) electrons. The Balaban J connectivity index is 1.41. The summed E-state index contributed by atoms with van der Waals surface area (Å²) in [5, 5.41) is 3.61. The van der Waals surface area contributed by atoms with Crippen molar-refractivity contribution in [3.05, 3.63) is 24.3 Å². The summed E-state index contributed by atoms with van der Waals surface area (Å²) in [7, 11) is 5.81. The molecular weight excluding hydrogens is 364 g/mol. The number of anilines is 1. The van der Waals surface area contributed by atoms with Crippen LogP contribution in [0.15, 0.2) is 29.3 Å². The van der Waals surface area contributed by atoms with E-state index in [1.54, 1.807) is 7.11 Å². The van der Waals surface area contributed by atoms with E-state index in [-0.39, 0.29) is 0 Å². The molecule has 0 spiro atoms. The zero-order valence-corrected chi connectivity index (χ0v) is 18.6. The van der Waals surface area contributed by atoms with Gasteiger partial charge in [0.05, 0.1) is 7.11 Å². The quantitative estimate of drug-likeness (QED) is 0.571. The van der Waals surface area contributed by atoms with Gasteiger partial charge in [-0.2, -0.15) is 0 Å². The van der Waals surface area contributed by atoms with Crippen molar-refractivity contribution in [3.63, 3.8) is 0 Å². The Kier molecular flexibility index (Phi) is 8.00. The van der Waals surface area contributed by atoms with E-state index in [1.807, 2.05) is 19.2 Å². The van der Waals surface area contributed by atoms with Gasteiger partial charge in [-0.1, -0.05) is 6.92 Å². The van der Waals surface area contributed by atoms with Gasteiger partial charge < -0.3 is 29.7 Å². The van der Waals surface area contributed by atoms with E-state index in [2.05, 4.69) is 56.0 Å². The Bertz CT molecular complexity index is 633. The van der Waals surface area contributed by atoms with E-state index in [1.165, 1.54) is 31.9 Å². The number of ether oxygens (including phenoxy) is 1. The first-order valence-corrected chi connectivity index (χ1v) is 10.8. The van der Waals surface area contributed by atoms with E-state index < -0.39 is 0 Å². The molecule has 0 aromatic heterocycles. The van der Waals surface area contributed by atoms with Gasteiger partial charge in [-0.15, -0.1) is 0 Å². The van der Waals surface area contributed by atoms with Crippen LogP contribution in [0.2, 0.25) is 0 Å². The van der Waals surface area contributed by atoms with E-state index >= 15 is 0 Å². The first-order chi connectivity index (χ1) is 14.1. The van der Waals surface area contributed by atoms with Crippen molar-refractivity contribution in [3.8, 4) is 5.75 Å². The number of benzene rings is 1. The summed E-state index contributed by atoms with van der Waals surface area (Å²) in [6.07, 6.45) is 0. The highest BCUT2D eigenvalue weighted by Crippen LogP contribution is 2.20. The average molecular weight is 403 g/mol. The number of piperazine rings is 2. The zero-order chi connectivity index (χ0) is 20.6. The van der Waals surface area contributed by atoms with Gasteiger partial charge in [0.2, 0.25) is 0 Å². The van der Waals surface area contributed by atoms with Crippen LogP contribution in [0.3, 0.4) is 0 Å². The lowest BCUT2D eigenvalue weighted by atomic mass is 10.1. The standard InChI is InChI=1S/C22H38N6O/c1-19(18-26-11-9-25(3)10-12-26)17-24-22(23-2)28-15-13-27(14-16-28)20-5-7-21(29-4)8-6-20/h5-8,19H,9-18H2,1-4H3,(H,23,24). The highest BCUT2D eigenvalue weighted by atomic mass is 16.5. The summed E-state index contributed by atoms with van der Waals surface area (Å²) in [4.78, 5) is 14.3. The molecule has 2 saturated heterocycles. The minimum absolute atomic E-state index is 0.607. The highest BCUT2D eigenvalue weighted by Gasteiger charge is 2.21. The molecule has 1 aromatic rings. The molecule has 162 valence electrons. The molecule has 7 nitrogen and oxygen atoms in total. The van der Waals surface area contributed by atoms with E-state index in [0.29, 0.717) is 5.92 Å². The van der Waals surface area contributed by atoms with Crippen LogP contribution in [0, 0.1) is 5.92 Å². The second-order valence-corrected chi connectivity index (χ2v) is 8.31. The minimum Gasteiger partial charge on any atom is -0.497 e. The number of hydrogen-bond acceptors (Lipinski definition) is 5. The molecule has 0 aliphatic carbocycles. The van der Waals surface area contributed by atoms with Gasteiger partial charge in [0.25, 0.3) is 0 Å². The second-order valence-electron chi connectivity index (χ2n) is 8.31. The molecular formula is C22H38N6O. The molecule has 3 rings (SSSR count). The number of aliphatic imine (C=N–C) groups is 1. The summed E-state index contributed by atoms with van der Waals surface area (Å²) in [5.74, 6) is 2.54. The lowest BCUT2D eigenvalue weighted by Gasteiger charge is -2.38. The largest absolute Gasteiger partial charge is 0.497 e. The number of nitrogens with zero attached hydrogens (tertiary/aromatic N) is 5. The fraction of sp³-hybridized carbons (Fsp3) is 0.682. The molecule has 7 heteroatoms. The Morgan fingerprint density at radius 1 is 1.03 bits per heavy atom. The molecule has 2 heterocycles. The number of likely N-dealkylation sites (N-methyl/N-ethyl adjacent to an activating group) is 1. The number of rotatable bonds is 6. The smallest absolute Gasteiger partial charge is 0.193 e. The fourth-order valence-corrected chi connectivity index (χ4v) is 4.10. The third-order valence-electron chi connectivity index (χ3n) is 6.00. The number of nitrogens with one attached hydrogen (secondary N) is 1. The van der Waals surface area contributed by atoms with Gasteiger partial charge in [0, 0.05) is 78.2 Å². The first-order valence-electron chi connectivity index (χ1n) is 10.8. The van der Waals surface area contributed by atoms with Crippen molar-refractivity contribution in [2.75, 3.05) is 91.6 Å². The third-order valence-corrected chi connectivity index (χ3v) is 6.00. The molecule has 0 bridgehead atoms. The van der Waals surface area contributed by atoms with Crippen molar-refractivity contribution in [2.45, 2.75) is 6.92 Å². The molecule has 29 heavy (non-hydrogen) atoms. The molecule has 1 N–H and O–H groups in total. The predicted molar refractivity (Wildman–Crippen MR) is 121 cm³/mol. The van der Waals surface area contributed by atoms with E-state index in [9.17, 15) is 0 Å². The monoisotopic (exact) mass is 402 g/mol. The highest BCUT2D eigenvalue weighted by molar-refractivity contribution is 5.80. The summed E-state index contributed by atoms with van der Waals surface area (Å²) in [6, 6.07) is 8.34. The minimum atomic E-state index is 0.607. The SMILES string of the molecule is CN=C(NCC(C)CN1CCN(C)CC1)N1CCN(c2ccc(OC)cc2)CC1. The first kappa shape index (κ1) is 21.7. The number of methoxy groups -OCH3 is 1. The van der Waals surface area contributed by atoms with Crippen LogP contribution in [0.4, 0.5) is 5.69 Å². The van der Waals surface area contributed by atoms with Crippen LogP contribution in [-0.4, -0.2) is 107 Å². The predicted octanol–water partition coefficient (Wildman–Crippen LogP) is 1.28. The molecule has 0 amide bonds. The lowest BCUT2D eigenvalue weighted by molar-refractivity contribution is 0.139. The molecule has 1 unspecified atom stereocenters. The van der Waals surface area contributed by atoms with Crippen molar-refractivity contribution >= 4 is 11.6 Å². The summed E-state index contributed by atoms with van der Waals surface area (Å²) >= 11 is 0. The van der Waals surface area contributed by atoms with Gasteiger partial charge in [-0.3, -0.25) is 4.99 Å². The van der Waals surface area contributed by atoms with Gasteiger partial charge in [-0.25, -0.2) is 0 Å². The summed E-state index contributed by atoms with van der Waals surface area (Å²) in [5.41, 5.74) is 1.26. The zero-order valence-electron chi connectivity index (χ0n) is 18.6. The third kappa shape index (κ3) is 6.24. The van der Waals surface area contributed by atoms with E-state index in [4.69, 9.17) is 4.74 Å². The van der Waals surface area contributed by atoms with Gasteiger partial charge in [0.1, 0.15) is 5.75 Å². The fourth-order valence-electron chi connectivity index (χ4n) is 4.10. The van der Waals surface area contributed by atoms with Crippen LogP contribution in [-0.2, 0) is 0 Å². The van der Waals surface area contributed by atoms with Crippen molar-refractivity contribution in [2.24, 2.45) is 10.9 Å². The van der Waals surface area contributed by atoms with Gasteiger partial charge in [-0.05, 0) is 37.2 Å². The normalized spacial score (nSPS) is 20.6. The van der Waals surface area contributed by atoms with Crippen LogP contribution < -0.4 is 15.0 Å². The molecule has 0 saturated carbocycles. The molecule has 1 aromatic carbocycles. The molecule has 2 aliphatic heterocycles. The number of guanidine groups is 1. The van der Waals surface area contributed by atoms with Crippen molar-refractivity contribution in [1.29, 1.82) is 0 Å². The Labute approximate surface area is 176 Å². The maximum atomic E-state index is 5.26. The maximum Gasteiger partial charge on any atom is 0.193 e. The second kappa shape index (κ2) is 10.7. The van der Waals surface area contributed by atoms with Crippen LogP contribution in [0.5, 0.6) is 5.75 Å². The van der Waals surface area contributed by atoms with Crippen LogP contribution in [0.25, 0.3) is 0 Å². The lowest BCUT2D eigenvalue weighted by Crippen LogP contribution is -2.53. The Morgan fingerprint density at radius 3 is 2.28 bits per heavy atom. The van der Waals surface area contributed by atoms with E-state index in [0.717, 1.165) is 51.0 Å². The topological polar surface area (TPSA) is 46.6 Å². The molecule has 2 aliphatic rings. The Hall–Kier alpha value is -1.99. The summed E-state index contributed by atoms with van der Waals surface area (Å²) < 4.78 is 5.26. The van der Waals surface area contributed by atoms with Crippen molar-refractivity contribution < 1.29 is 4.74 Å². The number of hydrogen-bond donors (Lipinski definition) is 1. The molecule has 1 atom stereocenters. The van der Waals surface area contributed by atoms with Gasteiger partial charge >= 0.3 is 0 Å². The summed E-state index contributed by atoms with van der Waals surface area (Å²) in [6.45, 7) is 13.2.